The molecule has 18 heavy (non-hydrogen) atoms. The maximum absolute atomic E-state index is 11.9. The Kier molecular flexibility index (Phi) is 3.20. The van der Waals surface area contributed by atoms with Crippen molar-refractivity contribution in [3.63, 3.8) is 0 Å². The van der Waals surface area contributed by atoms with Gasteiger partial charge in [-0.15, -0.1) is 0 Å². The Hall–Kier alpha value is -1.35. The number of carbonyl (C=O) groups excluding carboxylic acids is 1. The third-order valence-electron chi connectivity index (χ3n) is 3.84. The Bertz CT molecular complexity index is 436. The van der Waals surface area contributed by atoms with Crippen molar-refractivity contribution in [2.75, 3.05) is 7.11 Å². The molecule has 0 radical (unpaired) electrons. The maximum Gasteiger partial charge on any atom is 0.223 e. The highest BCUT2D eigenvalue weighted by Crippen LogP contribution is 2.47. The van der Waals surface area contributed by atoms with E-state index in [2.05, 4.69) is 38.2 Å². The van der Waals surface area contributed by atoms with Gasteiger partial charge in [-0.25, -0.2) is 0 Å². The zero-order valence-corrected chi connectivity index (χ0v) is 11.5. The first-order valence-electron chi connectivity index (χ1n) is 6.32. The molecule has 98 valence electrons. The minimum atomic E-state index is -0.633. The van der Waals surface area contributed by atoms with Gasteiger partial charge in [0.25, 0.3) is 0 Å². The van der Waals surface area contributed by atoms with E-state index >= 15 is 0 Å². The molecule has 1 saturated heterocycles. The summed E-state index contributed by atoms with van der Waals surface area (Å²) in [5, 5.41) is 3.04. The van der Waals surface area contributed by atoms with Crippen LogP contribution in [0.5, 0.6) is 0 Å². The van der Waals surface area contributed by atoms with Crippen LogP contribution in [0.1, 0.15) is 38.7 Å². The van der Waals surface area contributed by atoms with E-state index in [-0.39, 0.29) is 17.2 Å². The van der Waals surface area contributed by atoms with E-state index in [0.29, 0.717) is 6.42 Å². The molecule has 0 saturated carbocycles. The summed E-state index contributed by atoms with van der Waals surface area (Å²) in [5.74, 6) is 0.108. The summed E-state index contributed by atoms with van der Waals surface area (Å²) in [6.07, 6.45) is 0.481. The van der Waals surface area contributed by atoms with Crippen molar-refractivity contribution in [3.8, 4) is 0 Å². The van der Waals surface area contributed by atoms with Gasteiger partial charge in [0.15, 0.2) is 5.72 Å². The standard InChI is InChI=1S/C15H21NO2/c1-14(2,3)15(18-4)12(10-13(17)16-15)11-8-6-5-7-9-11/h5-9,12H,10H2,1-4H3,(H,16,17)/t12-,15+/m0/s1. The summed E-state index contributed by atoms with van der Waals surface area (Å²) in [6.45, 7) is 6.29. The first-order valence-corrected chi connectivity index (χ1v) is 6.32. The van der Waals surface area contributed by atoms with E-state index in [0.717, 1.165) is 5.56 Å². The molecule has 1 aliphatic heterocycles. The Morgan fingerprint density at radius 2 is 1.89 bits per heavy atom. The lowest BCUT2D eigenvalue weighted by atomic mass is 9.73. The number of hydrogen-bond acceptors (Lipinski definition) is 2. The molecular weight excluding hydrogens is 226 g/mol. The van der Waals surface area contributed by atoms with Gasteiger partial charge in [-0.05, 0) is 5.56 Å². The Labute approximate surface area is 109 Å². The summed E-state index contributed by atoms with van der Waals surface area (Å²) >= 11 is 0. The zero-order chi connectivity index (χ0) is 13.4. The van der Waals surface area contributed by atoms with Gasteiger partial charge in [-0.1, -0.05) is 51.1 Å². The SMILES string of the molecule is CO[C@]1(C(C)(C)C)NC(=O)C[C@H]1c1ccccc1. The lowest BCUT2D eigenvalue weighted by Crippen LogP contribution is -2.56. The van der Waals surface area contributed by atoms with Crippen molar-refractivity contribution in [1.82, 2.24) is 5.32 Å². The third-order valence-corrected chi connectivity index (χ3v) is 3.84. The number of ether oxygens (including phenoxy) is 1. The lowest BCUT2D eigenvalue weighted by molar-refractivity contribution is -0.136. The molecule has 0 aromatic heterocycles. The summed E-state index contributed by atoms with van der Waals surface area (Å²) in [6, 6.07) is 10.1. The average molecular weight is 247 g/mol. The monoisotopic (exact) mass is 247 g/mol. The summed E-state index contributed by atoms with van der Waals surface area (Å²) in [4.78, 5) is 11.9. The highest BCUT2D eigenvalue weighted by molar-refractivity contribution is 5.81. The van der Waals surface area contributed by atoms with Crippen LogP contribution in [0, 0.1) is 5.41 Å². The molecule has 1 aromatic rings. The number of methoxy groups -OCH3 is 1. The van der Waals surface area contributed by atoms with Gasteiger partial charge in [0.2, 0.25) is 5.91 Å². The van der Waals surface area contributed by atoms with E-state index in [1.165, 1.54) is 0 Å². The van der Waals surface area contributed by atoms with Gasteiger partial charge >= 0.3 is 0 Å². The molecule has 3 nitrogen and oxygen atoms in total. The minimum absolute atomic E-state index is 0.0520. The number of nitrogens with one attached hydrogen (secondary N) is 1. The maximum atomic E-state index is 11.9. The Morgan fingerprint density at radius 3 is 2.39 bits per heavy atom. The second-order valence-electron chi connectivity index (χ2n) is 5.91. The van der Waals surface area contributed by atoms with E-state index in [4.69, 9.17) is 4.74 Å². The first kappa shape index (κ1) is 13.1. The zero-order valence-electron chi connectivity index (χ0n) is 11.5. The first-order chi connectivity index (χ1) is 8.40. The Balaban J connectivity index is 2.48. The highest BCUT2D eigenvalue weighted by Gasteiger charge is 2.55. The molecule has 2 atom stereocenters. The predicted octanol–water partition coefficient (Wildman–Crippen LogP) is 2.68. The lowest BCUT2D eigenvalue weighted by Gasteiger charge is -2.44. The molecule has 1 aromatic carbocycles. The fourth-order valence-corrected chi connectivity index (χ4v) is 2.92. The van der Waals surface area contributed by atoms with Crippen LogP contribution in [0.25, 0.3) is 0 Å². The highest BCUT2D eigenvalue weighted by atomic mass is 16.5. The van der Waals surface area contributed by atoms with Crippen molar-refractivity contribution < 1.29 is 9.53 Å². The van der Waals surface area contributed by atoms with E-state index in [1.807, 2.05) is 18.2 Å². The molecule has 0 unspecified atom stereocenters. The number of rotatable bonds is 2. The largest absolute Gasteiger partial charge is 0.358 e. The summed E-state index contributed by atoms with van der Waals surface area (Å²) in [7, 11) is 1.67. The smallest absolute Gasteiger partial charge is 0.223 e. The molecule has 1 aliphatic rings. The van der Waals surface area contributed by atoms with Gasteiger partial charge in [0.1, 0.15) is 0 Å². The Morgan fingerprint density at radius 1 is 1.28 bits per heavy atom. The second-order valence-corrected chi connectivity index (χ2v) is 5.91. The third kappa shape index (κ3) is 1.93. The molecule has 1 N–H and O–H groups in total. The van der Waals surface area contributed by atoms with Crippen LogP contribution in [-0.4, -0.2) is 18.7 Å². The van der Waals surface area contributed by atoms with Crippen molar-refractivity contribution in [2.45, 2.75) is 38.8 Å². The van der Waals surface area contributed by atoms with Gasteiger partial charge in [-0.3, -0.25) is 4.79 Å². The van der Waals surface area contributed by atoms with Gasteiger partial charge in [0.05, 0.1) is 0 Å². The van der Waals surface area contributed by atoms with E-state index in [1.54, 1.807) is 7.11 Å². The molecule has 1 fully saturated rings. The predicted molar refractivity (Wildman–Crippen MR) is 71.1 cm³/mol. The van der Waals surface area contributed by atoms with Gasteiger partial charge < -0.3 is 10.1 Å². The molecule has 3 heteroatoms. The van der Waals surface area contributed by atoms with Crippen LogP contribution in [0.2, 0.25) is 0 Å². The molecule has 0 bridgehead atoms. The van der Waals surface area contributed by atoms with Crippen LogP contribution >= 0.6 is 0 Å². The van der Waals surface area contributed by atoms with Crippen molar-refractivity contribution >= 4 is 5.91 Å². The fourth-order valence-electron chi connectivity index (χ4n) is 2.92. The van der Waals surface area contributed by atoms with Crippen LogP contribution in [0.4, 0.5) is 0 Å². The van der Waals surface area contributed by atoms with Gasteiger partial charge in [0, 0.05) is 24.9 Å². The average Bonchev–Trinajstić information content (AvgIpc) is 2.68. The molecular formula is C15H21NO2. The van der Waals surface area contributed by atoms with Crippen molar-refractivity contribution in [1.29, 1.82) is 0 Å². The minimum Gasteiger partial charge on any atom is -0.358 e. The molecule has 1 heterocycles. The van der Waals surface area contributed by atoms with Crippen LogP contribution < -0.4 is 5.32 Å². The molecule has 2 rings (SSSR count). The topological polar surface area (TPSA) is 38.3 Å². The number of amides is 1. The van der Waals surface area contributed by atoms with E-state index in [9.17, 15) is 4.79 Å². The summed E-state index contributed by atoms with van der Waals surface area (Å²) in [5.41, 5.74) is 0.340. The number of benzene rings is 1. The second kappa shape index (κ2) is 4.39. The summed E-state index contributed by atoms with van der Waals surface area (Å²) < 4.78 is 5.77. The van der Waals surface area contributed by atoms with Crippen LogP contribution in [0.3, 0.4) is 0 Å². The molecule has 0 aliphatic carbocycles. The number of carbonyl (C=O) groups is 1. The quantitative estimate of drug-likeness (QED) is 0.872. The van der Waals surface area contributed by atoms with Gasteiger partial charge in [-0.2, -0.15) is 0 Å². The fraction of sp³-hybridized carbons (Fsp3) is 0.533. The molecule has 1 amide bonds. The van der Waals surface area contributed by atoms with Crippen LogP contribution in [-0.2, 0) is 9.53 Å². The van der Waals surface area contributed by atoms with Crippen molar-refractivity contribution in [2.24, 2.45) is 5.41 Å². The van der Waals surface area contributed by atoms with Crippen LogP contribution in [0.15, 0.2) is 30.3 Å². The number of hydrogen-bond donors (Lipinski definition) is 1. The van der Waals surface area contributed by atoms with Crippen molar-refractivity contribution in [3.05, 3.63) is 35.9 Å². The van der Waals surface area contributed by atoms with E-state index < -0.39 is 5.72 Å². The normalized spacial score (nSPS) is 28.2. The molecule has 0 spiro atoms.